The molecule has 1 atom stereocenters. The predicted octanol–water partition coefficient (Wildman–Crippen LogP) is 2.64. The SMILES string of the molecule is Cc1oc(C(C)NC2=C(Nc3cccc(C(=O)N(C)C)c3O)C(=O)C2)cc1C(=O)N(C)C. The van der Waals surface area contributed by atoms with E-state index in [2.05, 4.69) is 10.6 Å². The predicted molar refractivity (Wildman–Crippen MR) is 119 cm³/mol. The van der Waals surface area contributed by atoms with Crippen LogP contribution in [-0.2, 0) is 4.79 Å². The number of aryl methyl sites for hydroxylation is 1. The minimum atomic E-state index is -0.344. The van der Waals surface area contributed by atoms with Crippen LogP contribution < -0.4 is 10.6 Å². The van der Waals surface area contributed by atoms with E-state index in [1.165, 1.54) is 15.9 Å². The smallest absolute Gasteiger partial charge is 0.257 e. The Morgan fingerprint density at radius 1 is 1.09 bits per heavy atom. The molecular formula is C23H28N4O5. The summed E-state index contributed by atoms with van der Waals surface area (Å²) in [6, 6.07) is 6.15. The molecule has 0 spiro atoms. The Labute approximate surface area is 186 Å². The summed E-state index contributed by atoms with van der Waals surface area (Å²) in [7, 11) is 6.54. The maximum absolute atomic E-state index is 12.3. The summed E-state index contributed by atoms with van der Waals surface area (Å²) in [4.78, 5) is 39.6. The van der Waals surface area contributed by atoms with Crippen LogP contribution in [0, 0.1) is 6.92 Å². The van der Waals surface area contributed by atoms with E-state index in [0.29, 0.717) is 28.5 Å². The molecule has 0 radical (unpaired) electrons. The number of benzene rings is 1. The number of anilines is 1. The van der Waals surface area contributed by atoms with Gasteiger partial charge in [0, 0.05) is 33.9 Å². The summed E-state index contributed by atoms with van der Waals surface area (Å²) in [5.74, 6) is 0.259. The van der Waals surface area contributed by atoms with E-state index in [-0.39, 0.29) is 47.1 Å². The molecule has 1 aliphatic rings. The van der Waals surface area contributed by atoms with Crippen molar-refractivity contribution in [3.63, 3.8) is 0 Å². The third-order valence-electron chi connectivity index (χ3n) is 5.24. The number of phenols is 1. The average molecular weight is 441 g/mol. The number of carbonyl (C=O) groups is 3. The first-order valence-corrected chi connectivity index (χ1v) is 10.2. The van der Waals surface area contributed by atoms with Crippen LogP contribution in [-0.4, -0.2) is 60.7 Å². The van der Waals surface area contributed by atoms with Crippen molar-refractivity contribution in [3.8, 4) is 5.75 Å². The van der Waals surface area contributed by atoms with Crippen molar-refractivity contribution in [1.29, 1.82) is 0 Å². The summed E-state index contributed by atoms with van der Waals surface area (Å²) >= 11 is 0. The number of para-hydroxylation sites is 1. The fourth-order valence-electron chi connectivity index (χ4n) is 3.36. The lowest BCUT2D eigenvalue weighted by atomic mass is 9.97. The fourth-order valence-corrected chi connectivity index (χ4v) is 3.36. The van der Waals surface area contributed by atoms with Gasteiger partial charge in [-0.05, 0) is 32.0 Å². The first-order chi connectivity index (χ1) is 15.0. The van der Waals surface area contributed by atoms with Gasteiger partial charge in [-0.1, -0.05) is 6.07 Å². The molecule has 9 heteroatoms. The molecule has 0 aliphatic heterocycles. The number of hydrogen-bond donors (Lipinski definition) is 3. The van der Waals surface area contributed by atoms with Crippen LogP contribution in [0.15, 0.2) is 40.1 Å². The highest BCUT2D eigenvalue weighted by Gasteiger charge is 2.30. The molecule has 3 rings (SSSR count). The zero-order chi connectivity index (χ0) is 23.7. The van der Waals surface area contributed by atoms with Gasteiger partial charge in [-0.25, -0.2) is 0 Å². The second-order valence-electron chi connectivity index (χ2n) is 8.16. The number of rotatable bonds is 7. The molecule has 0 bridgehead atoms. The maximum atomic E-state index is 12.3. The zero-order valence-electron chi connectivity index (χ0n) is 19.1. The van der Waals surface area contributed by atoms with Crippen molar-refractivity contribution in [2.75, 3.05) is 33.5 Å². The summed E-state index contributed by atoms with van der Waals surface area (Å²) < 4.78 is 5.76. The Morgan fingerprint density at radius 3 is 2.31 bits per heavy atom. The molecule has 2 amide bonds. The maximum Gasteiger partial charge on any atom is 0.257 e. The Hall–Kier alpha value is -3.75. The highest BCUT2D eigenvalue weighted by molar-refractivity contribution is 6.07. The first kappa shape index (κ1) is 22.9. The lowest BCUT2D eigenvalue weighted by Crippen LogP contribution is -2.33. The van der Waals surface area contributed by atoms with Gasteiger partial charge >= 0.3 is 0 Å². The Balaban J connectivity index is 1.81. The van der Waals surface area contributed by atoms with Gasteiger partial charge in [0.05, 0.1) is 29.3 Å². The molecular weight excluding hydrogens is 412 g/mol. The number of aromatic hydroxyl groups is 1. The van der Waals surface area contributed by atoms with Crippen molar-refractivity contribution in [1.82, 2.24) is 15.1 Å². The molecule has 9 nitrogen and oxygen atoms in total. The van der Waals surface area contributed by atoms with Crippen LogP contribution >= 0.6 is 0 Å². The molecule has 170 valence electrons. The lowest BCUT2D eigenvalue weighted by Gasteiger charge is -2.27. The van der Waals surface area contributed by atoms with Crippen LogP contribution in [0.5, 0.6) is 5.75 Å². The third-order valence-corrected chi connectivity index (χ3v) is 5.24. The fraction of sp³-hybridized carbons (Fsp3) is 0.348. The molecule has 0 fully saturated rings. The topological polar surface area (TPSA) is 115 Å². The van der Waals surface area contributed by atoms with Gasteiger partial charge in [0.2, 0.25) is 0 Å². The standard InChI is InChI=1S/C23H28N4O5/c1-12(19-10-15(13(2)32-19)23(31)27(5)6)24-17-11-18(28)20(17)25-16-9-7-8-14(21(16)29)22(30)26(3)4/h7-10,12,24-25,29H,11H2,1-6H3. The highest BCUT2D eigenvalue weighted by Crippen LogP contribution is 2.33. The summed E-state index contributed by atoms with van der Waals surface area (Å²) in [6.45, 7) is 3.60. The molecule has 1 unspecified atom stereocenters. The molecule has 3 N–H and O–H groups in total. The van der Waals surface area contributed by atoms with E-state index in [0.717, 1.165) is 0 Å². The second kappa shape index (κ2) is 8.78. The Kier molecular flexibility index (Phi) is 6.29. The minimum Gasteiger partial charge on any atom is -0.505 e. The van der Waals surface area contributed by atoms with Crippen LogP contribution in [0.4, 0.5) is 5.69 Å². The van der Waals surface area contributed by atoms with E-state index in [4.69, 9.17) is 4.42 Å². The molecule has 1 aliphatic carbocycles. The van der Waals surface area contributed by atoms with Gasteiger partial charge in [-0.2, -0.15) is 0 Å². The number of Topliss-reactive ketones (excluding diaryl/α,β-unsaturated/α-hetero) is 1. The number of nitrogens with one attached hydrogen (secondary N) is 2. The average Bonchev–Trinajstić information content (AvgIpc) is 3.12. The number of phenolic OH excluding ortho intramolecular Hbond substituents is 1. The largest absolute Gasteiger partial charge is 0.505 e. The van der Waals surface area contributed by atoms with Crippen LogP contribution in [0.3, 0.4) is 0 Å². The third kappa shape index (κ3) is 4.32. The number of allylic oxidation sites excluding steroid dienone is 2. The number of hydrogen-bond acceptors (Lipinski definition) is 7. The van der Waals surface area contributed by atoms with Gasteiger partial charge in [0.1, 0.15) is 17.2 Å². The van der Waals surface area contributed by atoms with Crippen molar-refractivity contribution in [3.05, 3.63) is 58.3 Å². The van der Waals surface area contributed by atoms with Gasteiger partial charge < -0.3 is 30.0 Å². The molecule has 32 heavy (non-hydrogen) atoms. The quantitative estimate of drug-likeness (QED) is 0.567. The van der Waals surface area contributed by atoms with E-state index < -0.39 is 0 Å². The van der Waals surface area contributed by atoms with Crippen molar-refractivity contribution in [2.24, 2.45) is 0 Å². The number of carbonyl (C=O) groups excluding carboxylic acids is 3. The van der Waals surface area contributed by atoms with Crippen LogP contribution in [0.1, 0.15) is 51.6 Å². The number of nitrogens with zero attached hydrogens (tertiary/aromatic N) is 2. The van der Waals surface area contributed by atoms with Gasteiger partial charge in [-0.15, -0.1) is 0 Å². The first-order valence-electron chi connectivity index (χ1n) is 10.2. The van der Waals surface area contributed by atoms with Gasteiger partial charge in [0.15, 0.2) is 11.5 Å². The van der Waals surface area contributed by atoms with E-state index >= 15 is 0 Å². The summed E-state index contributed by atoms with van der Waals surface area (Å²) in [5.41, 5.74) is 1.86. The van der Waals surface area contributed by atoms with Crippen molar-refractivity contribution < 1.29 is 23.9 Å². The highest BCUT2D eigenvalue weighted by atomic mass is 16.3. The molecule has 0 saturated carbocycles. The van der Waals surface area contributed by atoms with Crippen molar-refractivity contribution in [2.45, 2.75) is 26.3 Å². The molecule has 0 saturated heterocycles. The van der Waals surface area contributed by atoms with E-state index in [1.54, 1.807) is 53.3 Å². The molecule has 2 aromatic rings. The molecule has 1 aromatic carbocycles. The number of ketones is 1. The number of furan rings is 1. The summed E-state index contributed by atoms with van der Waals surface area (Å²) in [5, 5.41) is 16.7. The Bertz CT molecular complexity index is 1110. The zero-order valence-corrected chi connectivity index (χ0v) is 19.1. The minimum absolute atomic E-state index is 0.123. The molecule has 1 heterocycles. The summed E-state index contributed by atoms with van der Waals surface area (Å²) in [6.07, 6.45) is 0.201. The van der Waals surface area contributed by atoms with Crippen LogP contribution in [0.2, 0.25) is 0 Å². The van der Waals surface area contributed by atoms with Gasteiger partial charge in [-0.3, -0.25) is 14.4 Å². The van der Waals surface area contributed by atoms with E-state index in [1.807, 2.05) is 6.92 Å². The Morgan fingerprint density at radius 2 is 1.72 bits per heavy atom. The molecule has 1 aromatic heterocycles. The number of amides is 2. The van der Waals surface area contributed by atoms with E-state index in [9.17, 15) is 19.5 Å². The second-order valence-corrected chi connectivity index (χ2v) is 8.16. The normalized spacial score (nSPS) is 14.0. The van der Waals surface area contributed by atoms with Crippen molar-refractivity contribution >= 4 is 23.3 Å². The lowest BCUT2D eigenvalue weighted by molar-refractivity contribution is -0.116. The van der Waals surface area contributed by atoms with Crippen LogP contribution in [0.25, 0.3) is 0 Å². The van der Waals surface area contributed by atoms with Gasteiger partial charge in [0.25, 0.3) is 11.8 Å². The monoisotopic (exact) mass is 440 g/mol.